The van der Waals surface area contributed by atoms with Gasteiger partial charge in [-0.15, -0.1) is 0 Å². The molecule has 1 aliphatic carbocycles. The van der Waals surface area contributed by atoms with Crippen molar-refractivity contribution in [3.63, 3.8) is 0 Å². The van der Waals surface area contributed by atoms with Gasteiger partial charge in [-0.05, 0) is 12.8 Å². The van der Waals surface area contributed by atoms with Gasteiger partial charge in [-0.3, -0.25) is 9.48 Å². The van der Waals surface area contributed by atoms with Crippen molar-refractivity contribution in [3.05, 3.63) is 12.7 Å². The highest BCUT2D eigenvalue weighted by Gasteiger charge is 2.29. The average Bonchev–Trinajstić information content (AvgIpc) is 2.88. The number of aryl methyl sites for hydroxylation is 1. The molecule has 18 heavy (non-hydrogen) atoms. The third-order valence-corrected chi connectivity index (χ3v) is 3.43. The third-order valence-electron chi connectivity index (χ3n) is 3.43. The summed E-state index contributed by atoms with van der Waals surface area (Å²) in [6.07, 6.45) is 8.25. The van der Waals surface area contributed by atoms with Gasteiger partial charge >= 0.3 is 0 Å². The number of nitrogens with one attached hydrogen (secondary N) is 1. The summed E-state index contributed by atoms with van der Waals surface area (Å²) in [5.41, 5.74) is -0.693. The molecule has 0 atom stereocenters. The maximum absolute atomic E-state index is 11.6. The molecule has 1 heterocycles. The number of hydrogen-bond acceptors (Lipinski definition) is 4. The van der Waals surface area contributed by atoms with Crippen LogP contribution < -0.4 is 5.32 Å². The Balaban J connectivity index is 1.68. The number of hydrogen-bond donors (Lipinski definition) is 2. The van der Waals surface area contributed by atoms with Crippen LogP contribution in [0.2, 0.25) is 0 Å². The van der Waals surface area contributed by atoms with Crippen molar-refractivity contribution in [1.82, 2.24) is 20.1 Å². The first kappa shape index (κ1) is 13.0. The van der Waals surface area contributed by atoms with E-state index in [1.54, 1.807) is 11.0 Å². The van der Waals surface area contributed by atoms with Crippen molar-refractivity contribution in [2.24, 2.45) is 0 Å². The van der Waals surface area contributed by atoms with E-state index in [1.807, 2.05) is 0 Å². The van der Waals surface area contributed by atoms with Crippen LogP contribution >= 0.6 is 0 Å². The fourth-order valence-electron chi connectivity index (χ4n) is 2.30. The molecule has 0 aromatic carbocycles. The Morgan fingerprint density at radius 2 is 2.17 bits per heavy atom. The molecule has 1 aliphatic rings. The largest absolute Gasteiger partial charge is 0.388 e. The first-order valence-electron chi connectivity index (χ1n) is 6.49. The monoisotopic (exact) mass is 252 g/mol. The van der Waals surface area contributed by atoms with Crippen LogP contribution in [0.3, 0.4) is 0 Å². The lowest BCUT2D eigenvalue weighted by molar-refractivity contribution is -0.123. The number of aliphatic hydroxyl groups is 1. The molecule has 1 aromatic rings. The molecule has 0 spiro atoms. The molecular formula is C12H20N4O2. The minimum Gasteiger partial charge on any atom is -0.388 e. The molecule has 0 aliphatic heterocycles. The number of rotatable bonds is 5. The molecule has 0 radical (unpaired) electrons. The van der Waals surface area contributed by atoms with Crippen molar-refractivity contribution < 1.29 is 9.90 Å². The first-order valence-corrected chi connectivity index (χ1v) is 6.49. The van der Waals surface area contributed by atoms with Gasteiger partial charge in [-0.2, -0.15) is 5.10 Å². The van der Waals surface area contributed by atoms with Gasteiger partial charge < -0.3 is 10.4 Å². The third kappa shape index (κ3) is 3.80. The van der Waals surface area contributed by atoms with Crippen LogP contribution in [0.1, 0.15) is 38.5 Å². The average molecular weight is 252 g/mol. The summed E-state index contributed by atoms with van der Waals surface area (Å²) < 4.78 is 1.62. The van der Waals surface area contributed by atoms with Crippen LogP contribution in [0.15, 0.2) is 12.7 Å². The van der Waals surface area contributed by atoms with E-state index in [4.69, 9.17) is 0 Å². The maximum atomic E-state index is 11.6. The number of aromatic nitrogens is 3. The van der Waals surface area contributed by atoms with Crippen molar-refractivity contribution in [1.29, 1.82) is 0 Å². The number of nitrogens with zero attached hydrogens (tertiary/aromatic N) is 3. The van der Waals surface area contributed by atoms with Crippen LogP contribution in [0.25, 0.3) is 0 Å². The van der Waals surface area contributed by atoms with E-state index >= 15 is 0 Å². The zero-order valence-corrected chi connectivity index (χ0v) is 10.5. The Kier molecular flexibility index (Phi) is 4.30. The second-order valence-corrected chi connectivity index (χ2v) is 4.97. The van der Waals surface area contributed by atoms with Gasteiger partial charge in [0.1, 0.15) is 12.7 Å². The fourth-order valence-corrected chi connectivity index (χ4v) is 2.30. The molecule has 0 bridgehead atoms. The number of carbonyl (C=O) groups excluding carboxylic acids is 1. The van der Waals surface area contributed by atoms with E-state index in [2.05, 4.69) is 15.4 Å². The van der Waals surface area contributed by atoms with Crippen LogP contribution in [0.4, 0.5) is 0 Å². The SMILES string of the molecule is O=C(CCn1cncn1)NCC1(O)CCCCC1. The quantitative estimate of drug-likeness (QED) is 0.798. The zero-order valence-electron chi connectivity index (χ0n) is 10.5. The predicted molar refractivity (Wildman–Crippen MR) is 65.7 cm³/mol. The highest BCUT2D eigenvalue weighted by atomic mass is 16.3. The summed E-state index contributed by atoms with van der Waals surface area (Å²) in [5.74, 6) is -0.0514. The first-order chi connectivity index (χ1) is 8.68. The van der Waals surface area contributed by atoms with Crippen molar-refractivity contribution in [2.45, 2.75) is 50.7 Å². The van der Waals surface area contributed by atoms with Crippen LogP contribution in [-0.2, 0) is 11.3 Å². The standard InChI is InChI=1S/C12H20N4O2/c17-11(4-7-16-10-13-9-15-16)14-8-12(18)5-2-1-3-6-12/h9-10,18H,1-8H2,(H,14,17). The molecular weight excluding hydrogens is 232 g/mol. The molecule has 1 saturated carbocycles. The molecule has 100 valence electrons. The van der Waals surface area contributed by atoms with Crippen molar-refractivity contribution in [2.75, 3.05) is 6.54 Å². The Morgan fingerprint density at radius 3 is 2.83 bits per heavy atom. The normalized spacial score (nSPS) is 18.5. The Labute approximate surface area is 106 Å². The molecule has 1 fully saturated rings. The van der Waals surface area contributed by atoms with E-state index in [0.717, 1.165) is 25.7 Å². The van der Waals surface area contributed by atoms with E-state index in [1.165, 1.54) is 12.7 Å². The van der Waals surface area contributed by atoms with Gasteiger partial charge in [0, 0.05) is 13.0 Å². The van der Waals surface area contributed by atoms with E-state index in [-0.39, 0.29) is 5.91 Å². The lowest BCUT2D eigenvalue weighted by Crippen LogP contribution is -2.44. The minimum absolute atomic E-state index is 0.0514. The Morgan fingerprint density at radius 1 is 1.39 bits per heavy atom. The lowest BCUT2D eigenvalue weighted by Gasteiger charge is -2.32. The van der Waals surface area contributed by atoms with Gasteiger partial charge in [0.05, 0.1) is 12.1 Å². The van der Waals surface area contributed by atoms with Gasteiger partial charge in [0.15, 0.2) is 0 Å². The summed E-state index contributed by atoms with van der Waals surface area (Å²) in [7, 11) is 0. The fraction of sp³-hybridized carbons (Fsp3) is 0.750. The van der Waals surface area contributed by atoms with Crippen LogP contribution in [-0.4, -0.2) is 37.9 Å². The minimum atomic E-state index is -0.693. The second-order valence-electron chi connectivity index (χ2n) is 4.97. The second kappa shape index (κ2) is 5.95. The molecule has 2 N–H and O–H groups in total. The topological polar surface area (TPSA) is 80.0 Å². The predicted octanol–water partition coefficient (Wildman–Crippen LogP) is 0.480. The van der Waals surface area contributed by atoms with Crippen molar-refractivity contribution in [3.8, 4) is 0 Å². The summed E-state index contributed by atoms with van der Waals surface area (Å²) in [6, 6.07) is 0. The van der Waals surface area contributed by atoms with E-state index < -0.39 is 5.60 Å². The van der Waals surface area contributed by atoms with Gasteiger partial charge in [-0.1, -0.05) is 19.3 Å². The van der Waals surface area contributed by atoms with E-state index in [9.17, 15) is 9.90 Å². The van der Waals surface area contributed by atoms with Crippen LogP contribution in [0.5, 0.6) is 0 Å². The highest BCUT2D eigenvalue weighted by molar-refractivity contribution is 5.75. The summed E-state index contributed by atoms with van der Waals surface area (Å²) in [6.45, 7) is 0.882. The highest BCUT2D eigenvalue weighted by Crippen LogP contribution is 2.27. The Bertz CT molecular complexity index is 371. The molecule has 0 unspecified atom stereocenters. The molecule has 0 saturated heterocycles. The molecule has 6 heteroatoms. The zero-order chi connectivity index (χ0) is 12.8. The molecule has 1 aromatic heterocycles. The smallest absolute Gasteiger partial charge is 0.221 e. The van der Waals surface area contributed by atoms with E-state index in [0.29, 0.717) is 19.5 Å². The summed E-state index contributed by atoms with van der Waals surface area (Å²) in [4.78, 5) is 15.5. The van der Waals surface area contributed by atoms with Gasteiger partial charge in [0.25, 0.3) is 0 Å². The summed E-state index contributed by atoms with van der Waals surface area (Å²) in [5, 5.41) is 17.0. The molecule has 2 rings (SSSR count). The number of carbonyl (C=O) groups is 1. The number of amides is 1. The van der Waals surface area contributed by atoms with Gasteiger partial charge in [-0.25, -0.2) is 4.98 Å². The van der Waals surface area contributed by atoms with Crippen LogP contribution in [0, 0.1) is 0 Å². The lowest BCUT2D eigenvalue weighted by atomic mass is 9.85. The van der Waals surface area contributed by atoms with Gasteiger partial charge in [0.2, 0.25) is 5.91 Å². The van der Waals surface area contributed by atoms with Crippen molar-refractivity contribution >= 4 is 5.91 Å². The summed E-state index contributed by atoms with van der Waals surface area (Å²) >= 11 is 0. The molecule has 6 nitrogen and oxygen atoms in total. The maximum Gasteiger partial charge on any atom is 0.221 e. The Hall–Kier alpha value is -1.43. The molecule has 1 amide bonds.